The van der Waals surface area contributed by atoms with Crippen molar-refractivity contribution in [3.05, 3.63) is 106 Å². The van der Waals surface area contributed by atoms with E-state index in [-0.39, 0.29) is 17.1 Å². The molecular formula is C25H17BrN2O4. The van der Waals surface area contributed by atoms with Gasteiger partial charge in [-0.1, -0.05) is 58.4 Å². The maximum atomic E-state index is 12.5. The maximum absolute atomic E-state index is 12.5. The number of aromatic hydroxyl groups is 1. The molecule has 0 aliphatic rings. The fourth-order valence-corrected chi connectivity index (χ4v) is 3.46. The Balaban J connectivity index is 1.52. The fourth-order valence-electron chi connectivity index (χ4n) is 3.08. The van der Waals surface area contributed by atoms with Gasteiger partial charge in [-0.25, -0.2) is 10.2 Å². The molecule has 0 aliphatic heterocycles. The van der Waals surface area contributed by atoms with Crippen molar-refractivity contribution in [3.8, 4) is 11.5 Å². The van der Waals surface area contributed by atoms with Crippen LogP contribution in [0.5, 0.6) is 11.5 Å². The molecule has 4 rings (SSSR count). The second-order valence-electron chi connectivity index (χ2n) is 6.85. The van der Waals surface area contributed by atoms with Gasteiger partial charge in [0.15, 0.2) is 0 Å². The minimum absolute atomic E-state index is 0.103. The number of ether oxygens (including phenoxy) is 1. The highest BCUT2D eigenvalue weighted by atomic mass is 79.9. The number of hydrazone groups is 1. The molecule has 4 aromatic carbocycles. The van der Waals surface area contributed by atoms with Crippen LogP contribution < -0.4 is 10.2 Å². The number of fused-ring (bicyclic) bond motifs is 1. The van der Waals surface area contributed by atoms with Gasteiger partial charge in [-0.15, -0.1) is 0 Å². The number of halogens is 1. The third kappa shape index (κ3) is 4.84. The topological polar surface area (TPSA) is 88.0 Å². The molecule has 4 aromatic rings. The van der Waals surface area contributed by atoms with Gasteiger partial charge in [0.05, 0.1) is 17.3 Å². The van der Waals surface area contributed by atoms with Gasteiger partial charge in [-0.3, -0.25) is 4.79 Å². The lowest BCUT2D eigenvalue weighted by molar-refractivity contribution is 0.0734. The second-order valence-corrected chi connectivity index (χ2v) is 7.77. The summed E-state index contributed by atoms with van der Waals surface area (Å²) in [5, 5.41) is 15.8. The third-order valence-electron chi connectivity index (χ3n) is 4.66. The summed E-state index contributed by atoms with van der Waals surface area (Å²) >= 11 is 3.37. The minimum atomic E-state index is -0.567. The quantitative estimate of drug-likeness (QED) is 0.173. The Labute approximate surface area is 192 Å². The summed E-state index contributed by atoms with van der Waals surface area (Å²) < 4.78 is 6.24. The number of phenolic OH excluding ortho intramolecular Hbond substituents is 1. The molecule has 0 aromatic heterocycles. The molecule has 0 fully saturated rings. The van der Waals surface area contributed by atoms with Crippen LogP contribution in [-0.4, -0.2) is 23.2 Å². The molecule has 158 valence electrons. The lowest BCUT2D eigenvalue weighted by Crippen LogP contribution is -2.18. The highest BCUT2D eigenvalue weighted by Gasteiger charge is 2.13. The van der Waals surface area contributed by atoms with E-state index in [4.69, 9.17) is 4.74 Å². The molecule has 6 nitrogen and oxygen atoms in total. The monoisotopic (exact) mass is 488 g/mol. The normalized spacial score (nSPS) is 10.9. The highest BCUT2D eigenvalue weighted by Crippen LogP contribution is 2.25. The molecule has 0 unspecified atom stereocenters. The van der Waals surface area contributed by atoms with Crippen molar-refractivity contribution in [1.82, 2.24) is 5.43 Å². The highest BCUT2D eigenvalue weighted by molar-refractivity contribution is 9.10. The number of esters is 1. The van der Waals surface area contributed by atoms with Crippen LogP contribution in [0.3, 0.4) is 0 Å². The standard InChI is InChI=1S/C25H17BrN2O4/c26-20-10-11-23(32-25(31)16-6-2-1-3-7-16)19(12-20)15-27-28-24(30)21-13-17-8-4-5-9-18(17)14-22(21)29/h1-15,29H,(H,28,30)/b27-15-. The van der Waals surface area contributed by atoms with E-state index in [1.54, 1.807) is 48.5 Å². The van der Waals surface area contributed by atoms with Crippen molar-refractivity contribution < 1.29 is 19.4 Å². The van der Waals surface area contributed by atoms with E-state index >= 15 is 0 Å². The molecule has 0 heterocycles. The number of carbonyl (C=O) groups is 2. The lowest BCUT2D eigenvalue weighted by Gasteiger charge is -2.08. The molecule has 7 heteroatoms. The molecule has 0 saturated carbocycles. The molecule has 0 aliphatic carbocycles. The van der Waals surface area contributed by atoms with Crippen LogP contribution in [0.2, 0.25) is 0 Å². The molecule has 1 amide bonds. The van der Waals surface area contributed by atoms with E-state index in [9.17, 15) is 14.7 Å². The molecular weight excluding hydrogens is 472 g/mol. The summed E-state index contributed by atoms with van der Waals surface area (Å²) in [5.41, 5.74) is 3.40. The van der Waals surface area contributed by atoms with Crippen molar-refractivity contribution in [2.45, 2.75) is 0 Å². The first kappa shape index (κ1) is 21.3. The van der Waals surface area contributed by atoms with Gasteiger partial charge < -0.3 is 9.84 Å². The Bertz CT molecular complexity index is 1340. The van der Waals surface area contributed by atoms with Crippen LogP contribution >= 0.6 is 15.9 Å². The molecule has 0 radical (unpaired) electrons. The average Bonchev–Trinajstić information content (AvgIpc) is 2.80. The summed E-state index contributed by atoms with van der Waals surface area (Å²) in [4.78, 5) is 24.9. The number of phenols is 1. The molecule has 0 bridgehead atoms. The van der Waals surface area contributed by atoms with E-state index in [0.717, 1.165) is 15.2 Å². The first-order valence-electron chi connectivity index (χ1n) is 9.63. The molecule has 32 heavy (non-hydrogen) atoms. The van der Waals surface area contributed by atoms with Crippen LogP contribution in [0.4, 0.5) is 0 Å². The predicted octanol–water partition coefficient (Wildman–Crippen LogP) is 5.29. The zero-order chi connectivity index (χ0) is 22.5. The lowest BCUT2D eigenvalue weighted by atomic mass is 10.1. The van der Waals surface area contributed by atoms with Crippen molar-refractivity contribution in [1.29, 1.82) is 0 Å². The van der Waals surface area contributed by atoms with Crippen LogP contribution in [0, 0.1) is 0 Å². The zero-order valence-electron chi connectivity index (χ0n) is 16.7. The number of hydrogen-bond acceptors (Lipinski definition) is 5. The SMILES string of the molecule is O=C(Oc1ccc(Br)cc1/C=N\NC(=O)c1cc2ccccc2cc1O)c1ccccc1. The van der Waals surface area contributed by atoms with Crippen LogP contribution in [0.15, 0.2) is 94.5 Å². The van der Waals surface area contributed by atoms with Gasteiger partial charge in [-0.2, -0.15) is 5.10 Å². The van der Waals surface area contributed by atoms with Crippen molar-refractivity contribution >= 4 is 44.8 Å². The number of rotatable bonds is 5. The van der Waals surface area contributed by atoms with Crippen LogP contribution in [0.1, 0.15) is 26.3 Å². The number of nitrogens with zero attached hydrogens (tertiary/aromatic N) is 1. The Morgan fingerprint density at radius 2 is 1.59 bits per heavy atom. The van der Waals surface area contributed by atoms with E-state index in [1.807, 2.05) is 30.3 Å². The van der Waals surface area contributed by atoms with E-state index in [2.05, 4.69) is 26.5 Å². The number of carbonyl (C=O) groups excluding carboxylic acids is 2. The maximum Gasteiger partial charge on any atom is 0.343 e. The van der Waals surface area contributed by atoms with Crippen molar-refractivity contribution in [2.75, 3.05) is 0 Å². The van der Waals surface area contributed by atoms with Crippen LogP contribution in [-0.2, 0) is 0 Å². The van der Waals surface area contributed by atoms with Gasteiger partial charge in [0.25, 0.3) is 5.91 Å². The second kappa shape index (κ2) is 9.45. The molecule has 0 spiro atoms. The van der Waals surface area contributed by atoms with Gasteiger partial charge in [0.1, 0.15) is 11.5 Å². The molecule has 0 atom stereocenters. The fraction of sp³-hybridized carbons (Fsp3) is 0. The summed E-state index contributed by atoms with van der Waals surface area (Å²) in [6.45, 7) is 0. The Hall–Kier alpha value is -3.97. The predicted molar refractivity (Wildman–Crippen MR) is 126 cm³/mol. The number of benzene rings is 4. The largest absolute Gasteiger partial charge is 0.507 e. The summed E-state index contributed by atoms with van der Waals surface area (Å²) in [6, 6.07) is 24.2. The Morgan fingerprint density at radius 1 is 0.906 bits per heavy atom. The van der Waals surface area contributed by atoms with Crippen molar-refractivity contribution in [2.24, 2.45) is 5.10 Å². The first-order chi connectivity index (χ1) is 15.5. The van der Waals surface area contributed by atoms with E-state index < -0.39 is 11.9 Å². The number of nitrogens with one attached hydrogen (secondary N) is 1. The zero-order valence-corrected chi connectivity index (χ0v) is 18.2. The van der Waals surface area contributed by atoms with Gasteiger partial charge in [0, 0.05) is 10.0 Å². The Kier molecular flexibility index (Phi) is 6.28. The summed E-state index contributed by atoms with van der Waals surface area (Å²) in [5.74, 6) is -0.931. The number of amides is 1. The molecule has 2 N–H and O–H groups in total. The first-order valence-corrected chi connectivity index (χ1v) is 10.4. The summed E-state index contributed by atoms with van der Waals surface area (Å²) in [7, 11) is 0. The third-order valence-corrected chi connectivity index (χ3v) is 5.16. The average molecular weight is 489 g/mol. The number of hydrogen-bond donors (Lipinski definition) is 2. The van der Waals surface area contributed by atoms with E-state index in [1.165, 1.54) is 12.3 Å². The molecule has 0 saturated heterocycles. The minimum Gasteiger partial charge on any atom is -0.507 e. The van der Waals surface area contributed by atoms with E-state index in [0.29, 0.717) is 11.1 Å². The van der Waals surface area contributed by atoms with Gasteiger partial charge in [-0.05, 0) is 53.2 Å². The Morgan fingerprint density at radius 3 is 2.34 bits per heavy atom. The van der Waals surface area contributed by atoms with Crippen LogP contribution in [0.25, 0.3) is 10.8 Å². The van der Waals surface area contributed by atoms with Gasteiger partial charge >= 0.3 is 5.97 Å². The smallest absolute Gasteiger partial charge is 0.343 e. The van der Waals surface area contributed by atoms with Crippen molar-refractivity contribution in [3.63, 3.8) is 0 Å². The summed E-state index contributed by atoms with van der Waals surface area (Å²) in [6.07, 6.45) is 1.37. The van der Waals surface area contributed by atoms with Gasteiger partial charge in [0.2, 0.25) is 0 Å².